The van der Waals surface area contributed by atoms with Crippen LogP contribution in [0.5, 0.6) is 0 Å². The second kappa shape index (κ2) is 4.82. The normalized spacial score (nSPS) is 28.9. The van der Waals surface area contributed by atoms with E-state index in [0.717, 1.165) is 32.7 Å². The van der Waals surface area contributed by atoms with Crippen molar-refractivity contribution in [2.24, 2.45) is 11.8 Å². The molecule has 0 aromatic carbocycles. The van der Waals surface area contributed by atoms with Crippen molar-refractivity contribution in [3.63, 3.8) is 0 Å². The van der Waals surface area contributed by atoms with Crippen LogP contribution in [0.4, 0.5) is 0 Å². The van der Waals surface area contributed by atoms with Gasteiger partial charge in [0.15, 0.2) is 0 Å². The molecule has 1 N–H and O–H groups in total. The maximum Gasteiger partial charge on any atom is 0.303 e. The van der Waals surface area contributed by atoms with E-state index >= 15 is 0 Å². The number of rotatable bonds is 3. The first kappa shape index (κ1) is 11.4. The molecule has 2 rings (SSSR count). The summed E-state index contributed by atoms with van der Waals surface area (Å²) < 4.78 is 5.39. The van der Waals surface area contributed by atoms with Gasteiger partial charge < -0.3 is 14.7 Å². The van der Waals surface area contributed by atoms with Crippen molar-refractivity contribution < 1.29 is 19.4 Å². The lowest BCUT2D eigenvalue weighted by Crippen LogP contribution is -2.43. The highest BCUT2D eigenvalue weighted by atomic mass is 16.5. The van der Waals surface area contributed by atoms with Gasteiger partial charge in [-0.05, 0) is 12.3 Å². The minimum atomic E-state index is -0.910. The first-order valence-corrected chi connectivity index (χ1v) is 5.74. The number of piperidine rings is 1. The fourth-order valence-electron chi connectivity index (χ4n) is 2.46. The van der Waals surface area contributed by atoms with Crippen LogP contribution in [0.25, 0.3) is 0 Å². The molecule has 2 fully saturated rings. The summed E-state index contributed by atoms with van der Waals surface area (Å²) in [5, 5.41) is 8.52. The largest absolute Gasteiger partial charge is 0.481 e. The Balaban J connectivity index is 1.81. The molecule has 0 spiro atoms. The number of hydrogen-bond acceptors (Lipinski definition) is 3. The molecule has 0 aromatic heterocycles. The van der Waals surface area contributed by atoms with Crippen LogP contribution in [0.2, 0.25) is 0 Å². The molecule has 5 heteroatoms. The van der Waals surface area contributed by atoms with Gasteiger partial charge in [-0.25, -0.2) is 0 Å². The average Bonchev–Trinajstić information content (AvgIpc) is 2.72. The minimum Gasteiger partial charge on any atom is -0.481 e. The number of amides is 1. The lowest BCUT2D eigenvalue weighted by atomic mass is 9.88. The Labute approximate surface area is 94.4 Å². The highest BCUT2D eigenvalue weighted by Gasteiger charge is 2.35. The third-order valence-corrected chi connectivity index (χ3v) is 3.46. The molecule has 0 aliphatic carbocycles. The standard InChI is InChI=1S/C11H17NO4/c13-10(1-2-11(14)15)12-4-3-8-6-16-7-9(8)5-12/h8-9H,1-7H2,(H,14,15)/t8-,9+/m0/s1. The molecule has 0 radical (unpaired) electrons. The van der Waals surface area contributed by atoms with Gasteiger partial charge in [-0.1, -0.05) is 0 Å². The fraction of sp³-hybridized carbons (Fsp3) is 0.818. The van der Waals surface area contributed by atoms with Crippen LogP contribution < -0.4 is 0 Å². The van der Waals surface area contributed by atoms with Gasteiger partial charge in [0.05, 0.1) is 13.0 Å². The van der Waals surface area contributed by atoms with E-state index in [0.29, 0.717) is 11.8 Å². The molecule has 0 saturated carbocycles. The maximum atomic E-state index is 11.7. The summed E-state index contributed by atoms with van der Waals surface area (Å²) in [5.74, 6) is 0.117. The average molecular weight is 227 g/mol. The predicted octanol–water partition coefficient (Wildman–Crippen LogP) is 0.346. The van der Waals surface area contributed by atoms with Crippen LogP contribution in [0.3, 0.4) is 0 Å². The monoisotopic (exact) mass is 227 g/mol. The zero-order chi connectivity index (χ0) is 11.5. The molecule has 5 nitrogen and oxygen atoms in total. The Hall–Kier alpha value is -1.10. The third-order valence-electron chi connectivity index (χ3n) is 3.46. The van der Waals surface area contributed by atoms with Gasteiger partial charge in [-0.2, -0.15) is 0 Å². The van der Waals surface area contributed by atoms with Crippen molar-refractivity contribution in [2.45, 2.75) is 19.3 Å². The molecule has 0 unspecified atom stereocenters. The van der Waals surface area contributed by atoms with Crippen LogP contribution in [0, 0.1) is 11.8 Å². The number of carbonyl (C=O) groups excluding carboxylic acids is 1. The van der Waals surface area contributed by atoms with Gasteiger partial charge in [0.2, 0.25) is 5.91 Å². The smallest absolute Gasteiger partial charge is 0.303 e. The van der Waals surface area contributed by atoms with Crippen molar-refractivity contribution in [1.29, 1.82) is 0 Å². The molecule has 2 aliphatic rings. The van der Waals surface area contributed by atoms with Crippen molar-refractivity contribution in [1.82, 2.24) is 4.90 Å². The highest BCUT2D eigenvalue weighted by molar-refractivity contribution is 5.80. The minimum absolute atomic E-state index is 0.0345. The maximum absolute atomic E-state index is 11.7. The van der Waals surface area contributed by atoms with E-state index in [9.17, 15) is 9.59 Å². The number of likely N-dealkylation sites (tertiary alicyclic amines) is 1. The summed E-state index contributed by atoms with van der Waals surface area (Å²) in [7, 11) is 0. The molecule has 2 aliphatic heterocycles. The van der Waals surface area contributed by atoms with Crippen molar-refractivity contribution in [3.05, 3.63) is 0 Å². The summed E-state index contributed by atoms with van der Waals surface area (Å²) in [4.78, 5) is 23.9. The summed E-state index contributed by atoms with van der Waals surface area (Å²) in [6, 6.07) is 0. The quantitative estimate of drug-likeness (QED) is 0.755. The lowest BCUT2D eigenvalue weighted by Gasteiger charge is -2.33. The fourth-order valence-corrected chi connectivity index (χ4v) is 2.46. The predicted molar refractivity (Wildman–Crippen MR) is 55.9 cm³/mol. The number of aliphatic carboxylic acids is 1. The van der Waals surface area contributed by atoms with Gasteiger partial charge in [-0.3, -0.25) is 9.59 Å². The molecule has 2 heterocycles. The van der Waals surface area contributed by atoms with E-state index in [2.05, 4.69) is 0 Å². The Morgan fingerprint density at radius 1 is 1.25 bits per heavy atom. The summed E-state index contributed by atoms with van der Waals surface area (Å²) in [5.41, 5.74) is 0. The number of carbonyl (C=O) groups is 2. The zero-order valence-corrected chi connectivity index (χ0v) is 9.22. The molecule has 2 saturated heterocycles. The SMILES string of the molecule is O=C(O)CCC(=O)N1CC[C@H]2COC[C@H]2C1. The molecule has 0 bridgehead atoms. The van der Waals surface area contributed by atoms with Crippen LogP contribution in [-0.2, 0) is 14.3 Å². The molecular formula is C11H17NO4. The Kier molecular flexibility index (Phi) is 3.43. The molecule has 2 atom stereocenters. The number of nitrogens with zero attached hydrogens (tertiary/aromatic N) is 1. The second-order valence-corrected chi connectivity index (χ2v) is 4.58. The topological polar surface area (TPSA) is 66.8 Å². The third kappa shape index (κ3) is 2.52. The van der Waals surface area contributed by atoms with E-state index < -0.39 is 5.97 Å². The lowest BCUT2D eigenvalue weighted by molar-refractivity contribution is -0.141. The molecular weight excluding hydrogens is 210 g/mol. The van der Waals surface area contributed by atoms with E-state index in [4.69, 9.17) is 9.84 Å². The molecule has 0 aromatic rings. The molecule has 1 amide bonds. The van der Waals surface area contributed by atoms with Crippen molar-refractivity contribution in [3.8, 4) is 0 Å². The first-order valence-electron chi connectivity index (χ1n) is 5.74. The van der Waals surface area contributed by atoms with Crippen LogP contribution >= 0.6 is 0 Å². The van der Waals surface area contributed by atoms with Gasteiger partial charge in [-0.15, -0.1) is 0 Å². The summed E-state index contributed by atoms with van der Waals surface area (Å²) in [6.07, 6.45) is 1.04. The Morgan fingerprint density at radius 2 is 2.00 bits per heavy atom. The van der Waals surface area contributed by atoms with Gasteiger partial charge in [0, 0.05) is 32.0 Å². The van der Waals surface area contributed by atoms with E-state index in [1.165, 1.54) is 0 Å². The van der Waals surface area contributed by atoms with Gasteiger partial charge in [0.1, 0.15) is 0 Å². The number of ether oxygens (including phenoxy) is 1. The van der Waals surface area contributed by atoms with E-state index in [1.807, 2.05) is 0 Å². The molecule has 16 heavy (non-hydrogen) atoms. The highest BCUT2D eigenvalue weighted by Crippen LogP contribution is 2.29. The van der Waals surface area contributed by atoms with Crippen LogP contribution in [-0.4, -0.2) is 48.2 Å². The van der Waals surface area contributed by atoms with Crippen molar-refractivity contribution in [2.75, 3.05) is 26.3 Å². The number of carboxylic acids is 1. The first-order chi connectivity index (χ1) is 7.66. The van der Waals surface area contributed by atoms with E-state index in [1.54, 1.807) is 4.90 Å². The van der Waals surface area contributed by atoms with Crippen LogP contribution in [0.1, 0.15) is 19.3 Å². The summed E-state index contributed by atoms with van der Waals surface area (Å²) >= 11 is 0. The zero-order valence-electron chi connectivity index (χ0n) is 9.22. The Bertz CT molecular complexity index is 292. The molecule has 90 valence electrons. The number of hydrogen-bond donors (Lipinski definition) is 1. The second-order valence-electron chi connectivity index (χ2n) is 4.58. The number of fused-ring (bicyclic) bond motifs is 1. The van der Waals surface area contributed by atoms with Gasteiger partial charge >= 0.3 is 5.97 Å². The van der Waals surface area contributed by atoms with Crippen molar-refractivity contribution >= 4 is 11.9 Å². The summed E-state index contributed by atoms with van der Waals surface area (Å²) in [6.45, 7) is 3.06. The van der Waals surface area contributed by atoms with Crippen LogP contribution in [0.15, 0.2) is 0 Å². The van der Waals surface area contributed by atoms with E-state index in [-0.39, 0.29) is 18.7 Å². The number of carboxylic acid groups (broad SMARTS) is 1. The Morgan fingerprint density at radius 3 is 2.75 bits per heavy atom. The van der Waals surface area contributed by atoms with Gasteiger partial charge in [0.25, 0.3) is 0 Å².